The summed E-state index contributed by atoms with van der Waals surface area (Å²) in [6.45, 7) is 0.0663. The predicted octanol–water partition coefficient (Wildman–Crippen LogP) is 3.43. The van der Waals surface area contributed by atoms with Crippen LogP contribution >= 0.6 is 0 Å². The Morgan fingerprint density at radius 2 is 1.87 bits per heavy atom. The lowest BCUT2D eigenvalue weighted by Gasteiger charge is -2.32. The number of nitrogens with two attached hydrogens (primary N) is 1. The van der Waals surface area contributed by atoms with E-state index in [1.54, 1.807) is 11.0 Å². The largest absolute Gasteiger partial charge is 0.460 e. The van der Waals surface area contributed by atoms with Gasteiger partial charge >= 0.3 is 12.1 Å². The summed E-state index contributed by atoms with van der Waals surface area (Å²) in [7, 11) is 0. The third-order valence-corrected chi connectivity index (χ3v) is 4.99. The van der Waals surface area contributed by atoms with E-state index in [1.807, 2.05) is 0 Å². The van der Waals surface area contributed by atoms with Crippen molar-refractivity contribution in [2.45, 2.75) is 32.0 Å². The van der Waals surface area contributed by atoms with Crippen LogP contribution in [0.15, 0.2) is 30.6 Å². The molecule has 0 saturated carbocycles. The Balaban J connectivity index is 1.67. The van der Waals surface area contributed by atoms with Gasteiger partial charge in [0.15, 0.2) is 0 Å². The molecule has 1 fully saturated rings. The van der Waals surface area contributed by atoms with Crippen molar-refractivity contribution in [3.8, 4) is 11.1 Å². The molecular formula is C20H21F4N5O2. The van der Waals surface area contributed by atoms with Crippen LogP contribution in [0.1, 0.15) is 24.8 Å². The normalized spacial score (nSPS) is 15.0. The molecule has 2 aromatic rings. The monoisotopic (exact) mass is 439 g/mol. The highest BCUT2D eigenvalue weighted by Crippen LogP contribution is 2.35. The van der Waals surface area contributed by atoms with E-state index in [0.29, 0.717) is 11.5 Å². The fourth-order valence-electron chi connectivity index (χ4n) is 3.31. The Hall–Kier alpha value is -3.24. The van der Waals surface area contributed by atoms with Crippen LogP contribution in [0, 0.1) is 17.1 Å². The number of piperidine rings is 1. The smallest absolute Gasteiger partial charge is 0.391 e. The Kier molecular flexibility index (Phi) is 6.71. The summed E-state index contributed by atoms with van der Waals surface area (Å²) >= 11 is 0. The average Bonchev–Trinajstić information content (AvgIpc) is 2.72. The summed E-state index contributed by atoms with van der Waals surface area (Å²) in [5.41, 5.74) is 5.83. The lowest BCUT2D eigenvalue weighted by molar-refractivity contribution is -0.179. The number of benzene rings is 1. The number of rotatable bonds is 6. The van der Waals surface area contributed by atoms with E-state index in [2.05, 4.69) is 9.97 Å². The molecule has 3 N–H and O–H groups in total. The summed E-state index contributed by atoms with van der Waals surface area (Å²) in [6.07, 6.45) is -1.80. The van der Waals surface area contributed by atoms with Gasteiger partial charge in [0.05, 0.1) is 5.92 Å². The van der Waals surface area contributed by atoms with E-state index < -0.39 is 23.9 Å². The molecule has 3 rings (SSSR count). The molecule has 0 spiro atoms. The van der Waals surface area contributed by atoms with E-state index in [-0.39, 0.29) is 55.9 Å². The van der Waals surface area contributed by atoms with Crippen molar-refractivity contribution < 1.29 is 27.1 Å². The minimum Gasteiger partial charge on any atom is -0.460 e. The van der Waals surface area contributed by atoms with Gasteiger partial charge in [-0.05, 0) is 12.8 Å². The van der Waals surface area contributed by atoms with Gasteiger partial charge in [0, 0.05) is 42.2 Å². The first-order valence-corrected chi connectivity index (χ1v) is 9.55. The zero-order chi connectivity index (χ0) is 22.6. The molecule has 31 heavy (non-hydrogen) atoms. The number of amidine groups is 1. The molecule has 0 atom stereocenters. The standard InChI is InChI=1S/C20H21F4N5O2/c21-18-12(11-31-17(30)8-16(25)26)2-1-3-15(18)13-9-27-19(28-10-13)29-6-4-14(5-7-29)20(22,23)24/h1-3,9-10,14H,4-8,11H2,(H3,25,26). The molecule has 2 heterocycles. The second-order valence-corrected chi connectivity index (χ2v) is 7.22. The Morgan fingerprint density at radius 1 is 1.23 bits per heavy atom. The molecule has 0 aliphatic carbocycles. The summed E-state index contributed by atoms with van der Waals surface area (Å²) in [6, 6.07) is 4.56. The first kappa shape index (κ1) is 22.4. The minimum absolute atomic E-state index is 0.0202. The Labute approximate surface area is 175 Å². The first-order valence-electron chi connectivity index (χ1n) is 9.55. The lowest BCUT2D eigenvalue weighted by Crippen LogP contribution is -2.39. The number of carbonyl (C=O) groups excluding carboxylic acids is 1. The number of aromatic nitrogens is 2. The molecule has 1 aromatic heterocycles. The summed E-state index contributed by atoms with van der Waals surface area (Å²) < 4.78 is 58.2. The van der Waals surface area contributed by atoms with Gasteiger partial charge in [-0.25, -0.2) is 14.4 Å². The highest BCUT2D eigenvalue weighted by molar-refractivity contribution is 5.94. The van der Waals surface area contributed by atoms with Crippen molar-refractivity contribution in [2.24, 2.45) is 11.7 Å². The second kappa shape index (κ2) is 9.27. The third kappa shape index (κ3) is 5.68. The maximum atomic E-state index is 14.9. The van der Waals surface area contributed by atoms with E-state index in [9.17, 15) is 22.4 Å². The van der Waals surface area contributed by atoms with Crippen LogP contribution < -0.4 is 10.6 Å². The molecule has 7 nitrogen and oxygen atoms in total. The van der Waals surface area contributed by atoms with Gasteiger partial charge in [-0.3, -0.25) is 10.2 Å². The quantitative estimate of drug-likeness (QED) is 0.309. The zero-order valence-electron chi connectivity index (χ0n) is 16.5. The lowest BCUT2D eigenvalue weighted by atomic mass is 9.96. The number of nitrogens with zero attached hydrogens (tertiary/aromatic N) is 3. The van der Waals surface area contributed by atoms with Gasteiger partial charge in [-0.2, -0.15) is 13.2 Å². The number of alkyl halides is 3. The van der Waals surface area contributed by atoms with Crippen LogP contribution in [0.2, 0.25) is 0 Å². The van der Waals surface area contributed by atoms with Crippen LogP contribution in [-0.2, 0) is 16.1 Å². The SMILES string of the molecule is N=C(N)CC(=O)OCc1cccc(-c2cnc(N3CCC(C(F)(F)F)CC3)nc2)c1F. The van der Waals surface area contributed by atoms with Crippen molar-refractivity contribution in [1.29, 1.82) is 5.41 Å². The summed E-state index contributed by atoms with van der Waals surface area (Å²) in [5, 5.41) is 7.06. The number of esters is 1. The highest BCUT2D eigenvalue weighted by Gasteiger charge is 2.41. The molecule has 11 heteroatoms. The van der Waals surface area contributed by atoms with Gasteiger partial charge in [0.2, 0.25) is 5.95 Å². The maximum Gasteiger partial charge on any atom is 0.391 e. The molecule has 1 aliphatic rings. The molecule has 1 saturated heterocycles. The molecule has 0 bridgehead atoms. The molecule has 166 valence electrons. The number of carbonyl (C=O) groups is 1. The van der Waals surface area contributed by atoms with Crippen molar-refractivity contribution in [1.82, 2.24) is 9.97 Å². The average molecular weight is 439 g/mol. The molecule has 0 radical (unpaired) electrons. The minimum atomic E-state index is -4.19. The van der Waals surface area contributed by atoms with Gasteiger partial charge < -0.3 is 15.4 Å². The van der Waals surface area contributed by atoms with E-state index in [4.69, 9.17) is 15.9 Å². The van der Waals surface area contributed by atoms with Gasteiger partial charge in [-0.1, -0.05) is 18.2 Å². The van der Waals surface area contributed by atoms with Gasteiger partial charge in [0.25, 0.3) is 0 Å². The summed E-state index contributed by atoms with van der Waals surface area (Å²) in [5.74, 6) is -2.72. The molecule has 1 aromatic carbocycles. The van der Waals surface area contributed by atoms with Crippen molar-refractivity contribution >= 4 is 17.8 Å². The fraction of sp³-hybridized carbons (Fsp3) is 0.400. The number of ether oxygens (including phenoxy) is 1. The third-order valence-electron chi connectivity index (χ3n) is 4.99. The second-order valence-electron chi connectivity index (χ2n) is 7.22. The van der Waals surface area contributed by atoms with Crippen LogP contribution in [0.25, 0.3) is 11.1 Å². The van der Waals surface area contributed by atoms with E-state index in [1.165, 1.54) is 24.5 Å². The first-order chi connectivity index (χ1) is 14.6. The molecular weight excluding hydrogens is 418 g/mol. The predicted molar refractivity (Wildman–Crippen MR) is 105 cm³/mol. The van der Waals surface area contributed by atoms with E-state index >= 15 is 0 Å². The highest BCUT2D eigenvalue weighted by atomic mass is 19.4. The zero-order valence-corrected chi connectivity index (χ0v) is 16.5. The van der Waals surface area contributed by atoms with Crippen molar-refractivity contribution in [3.05, 3.63) is 42.0 Å². The topological polar surface area (TPSA) is 105 Å². The van der Waals surface area contributed by atoms with Crippen LogP contribution in [0.3, 0.4) is 0 Å². The van der Waals surface area contributed by atoms with Crippen molar-refractivity contribution in [3.63, 3.8) is 0 Å². The maximum absolute atomic E-state index is 14.9. The fourth-order valence-corrected chi connectivity index (χ4v) is 3.31. The summed E-state index contributed by atoms with van der Waals surface area (Å²) in [4.78, 5) is 21.6. The Bertz CT molecular complexity index is 942. The van der Waals surface area contributed by atoms with Crippen LogP contribution in [-0.4, -0.2) is 41.0 Å². The van der Waals surface area contributed by atoms with Crippen LogP contribution in [0.4, 0.5) is 23.5 Å². The number of anilines is 1. The van der Waals surface area contributed by atoms with E-state index in [0.717, 1.165) is 0 Å². The number of hydrogen-bond acceptors (Lipinski definition) is 6. The van der Waals surface area contributed by atoms with Gasteiger partial charge in [-0.15, -0.1) is 0 Å². The number of hydrogen-bond donors (Lipinski definition) is 2. The van der Waals surface area contributed by atoms with Crippen LogP contribution in [0.5, 0.6) is 0 Å². The van der Waals surface area contributed by atoms with Crippen molar-refractivity contribution in [2.75, 3.05) is 18.0 Å². The van der Waals surface area contributed by atoms with Gasteiger partial charge in [0.1, 0.15) is 24.7 Å². The number of nitrogens with one attached hydrogen (secondary N) is 1. The molecule has 0 amide bonds. The Morgan fingerprint density at radius 3 is 2.45 bits per heavy atom. The number of halogens is 4. The molecule has 1 aliphatic heterocycles. The molecule has 0 unspecified atom stereocenters.